The molecule has 4 atom stereocenters. The quantitative estimate of drug-likeness (QED) is 0.769. The number of nitrogens with one attached hydrogen (secondary N) is 1. The standard InChI is InChI=1S/C16H16FN2O6P/c1-16(17)9-12(10-23-26(22)25-11-5-3-2-4-6-11)24-14(16)19-8-7-13(20)18-15(19)21/h2-8,12,14H,9-10H2,1H3/p+1/t12-,14+,16+/m0/s1. The van der Waals surface area contributed by atoms with Gasteiger partial charge in [0.15, 0.2) is 17.6 Å². The molecule has 0 aliphatic carbocycles. The summed E-state index contributed by atoms with van der Waals surface area (Å²) in [5, 5.41) is 0. The van der Waals surface area contributed by atoms with Crippen LogP contribution >= 0.6 is 8.25 Å². The second-order valence-electron chi connectivity index (χ2n) is 6.03. The summed E-state index contributed by atoms with van der Waals surface area (Å²) < 4.78 is 43.4. The van der Waals surface area contributed by atoms with Crippen LogP contribution in [-0.2, 0) is 13.8 Å². The van der Waals surface area contributed by atoms with Crippen LogP contribution < -0.4 is 15.8 Å². The number of benzene rings is 1. The van der Waals surface area contributed by atoms with Gasteiger partial charge in [-0.25, -0.2) is 13.7 Å². The average Bonchev–Trinajstić information content (AvgIpc) is 2.88. The molecule has 1 aromatic carbocycles. The Hall–Kier alpha value is -2.35. The van der Waals surface area contributed by atoms with Gasteiger partial charge in [0.25, 0.3) is 5.56 Å². The molecule has 0 saturated carbocycles. The van der Waals surface area contributed by atoms with Crippen LogP contribution in [0.1, 0.15) is 19.6 Å². The molecule has 0 spiro atoms. The highest BCUT2D eigenvalue weighted by Gasteiger charge is 2.48. The van der Waals surface area contributed by atoms with E-state index in [-0.39, 0.29) is 13.0 Å². The van der Waals surface area contributed by atoms with Crippen molar-refractivity contribution in [3.8, 4) is 5.75 Å². The molecule has 0 bridgehead atoms. The van der Waals surface area contributed by atoms with E-state index < -0.39 is 37.5 Å². The lowest BCUT2D eigenvalue weighted by Gasteiger charge is -2.22. The third kappa shape index (κ3) is 4.24. The molecule has 2 heterocycles. The predicted octanol–water partition coefficient (Wildman–Crippen LogP) is 2.31. The van der Waals surface area contributed by atoms with Crippen LogP contribution in [0.15, 0.2) is 52.2 Å². The van der Waals surface area contributed by atoms with E-state index in [1.165, 1.54) is 13.1 Å². The minimum Gasteiger partial charge on any atom is -0.348 e. The Morgan fingerprint density at radius 1 is 1.35 bits per heavy atom. The molecule has 138 valence electrons. The van der Waals surface area contributed by atoms with E-state index in [9.17, 15) is 18.5 Å². The van der Waals surface area contributed by atoms with Crippen LogP contribution in [0.2, 0.25) is 0 Å². The number of hydrogen-bond donors (Lipinski definition) is 1. The molecule has 1 aromatic heterocycles. The number of rotatable bonds is 6. The SMILES string of the molecule is C[C@@]1(F)C[C@@H](CO[P+](=O)Oc2ccccc2)O[C@H]1n1ccc(=O)[nH]c1=O. The van der Waals surface area contributed by atoms with Gasteiger partial charge in [0.05, 0.1) is 6.10 Å². The number of para-hydroxylation sites is 1. The van der Waals surface area contributed by atoms with Crippen molar-refractivity contribution in [2.75, 3.05) is 6.61 Å². The molecule has 10 heteroatoms. The maximum absolute atomic E-state index is 14.8. The molecule has 0 amide bonds. The fraction of sp³-hybridized carbons (Fsp3) is 0.375. The lowest BCUT2D eigenvalue weighted by atomic mass is 10.0. The third-order valence-electron chi connectivity index (χ3n) is 3.86. The highest BCUT2D eigenvalue weighted by Crippen LogP contribution is 2.41. The highest BCUT2D eigenvalue weighted by molar-refractivity contribution is 7.33. The van der Waals surface area contributed by atoms with Gasteiger partial charge in [0, 0.05) is 23.2 Å². The smallest absolute Gasteiger partial charge is 0.348 e. The Labute approximate surface area is 148 Å². The molecule has 1 N–H and O–H groups in total. The minimum absolute atomic E-state index is 0.0717. The number of hydrogen-bond acceptors (Lipinski definition) is 6. The van der Waals surface area contributed by atoms with E-state index in [0.29, 0.717) is 5.75 Å². The van der Waals surface area contributed by atoms with Crippen molar-refractivity contribution >= 4 is 8.25 Å². The summed E-state index contributed by atoms with van der Waals surface area (Å²) in [6.07, 6.45) is -0.857. The lowest BCUT2D eigenvalue weighted by Crippen LogP contribution is -2.38. The molecule has 2 aromatic rings. The summed E-state index contributed by atoms with van der Waals surface area (Å²) in [4.78, 5) is 25.0. The second-order valence-corrected chi connectivity index (χ2v) is 6.92. The second kappa shape index (κ2) is 7.49. The number of H-pyrrole nitrogens is 1. The van der Waals surface area contributed by atoms with Crippen molar-refractivity contribution in [2.24, 2.45) is 0 Å². The molecule has 1 aliphatic rings. The first-order chi connectivity index (χ1) is 12.3. The van der Waals surface area contributed by atoms with Crippen molar-refractivity contribution < 1.29 is 22.7 Å². The summed E-state index contributed by atoms with van der Waals surface area (Å²) in [6.45, 7) is 1.12. The van der Waals surface area contributed by atoms with Crippen molar-refractivity contribution in [3.63, 3.8) is 0 Å². The molecule has 1 aliphatic heterocycles. The summed E-state index contributed by atoms with van der Waals surface area (Å²) >= 11 is 0. The van der Waals surface area contributed by atoms with Gasteiger partial charge in [-0.3, -0.25) is 14.3 Å². The van der Waals surface area contributed by atoms with Gasteiger partial charge in [0.1, 0.15) is 6.61 Å². The van der Waals surface area contributed by atoms with Crippen LogP contribution in [0.25, 0.3) is 0 Å². The lowest BCUT2D eigenvalue weighted by molar-refractivity contribution is -0.0586. The number of aromatic amines is 1. The van der Waals surface area contributed by atoms with Crippen LogP contribution in [0.5, 0.6) is 5.75 Å². The Morgan fingerprint density at radius 2 is 2.08 bits per heavy atom. The fourth-order valence-corrected chi connectivity index (χ4v) is 3.36. The predicted molar refractivity (Wildman–Crippen MR) is 90.0 cm³/mol. The average molecular weight is 383 g/mol. The number of halogens is 1. The van der Waals surface area contributed by atoms with Crippen molar-refractivity contribution in [3.05, 3.63) is 63.4 Å². The van der Waals surface area contributed by atoms with E-state index in [1.807, 2.05) is 0 Å². The Balaban J connectivity index is 1.61. The zero-order valence-corrected chi connectivity index (χ0v) is 14.7. The normalized spacial score (nSPS) is 25.8. The number of aromatic nitrogens is 2. The van der Waals surface area contributed by atoms with Gasteiger partial charge >= 0.3 is 13.9 Å². The van der Waals surface area contributed by atoms with Gasteiger partial charge in [0.2, 0.25) is 0 Å². The topological polar surface area (TPSA) is 99.6 Å². The van der Waals surface area contributed by atoms with E-state index in [1.54, 1.807) is 30.3 Å². The minimum atomic E-state index is -2.45. The summed E-state index contributed by atoms with van der Waals surface area (Å²) in [7, 11) is -2.45. The molecule has 1 unspecified atom stereocenters. The molecular formula is C16H17FN2O6P+. The molecule has 3 rings (SSSR count). The van der Waals surface area contributed by atoms with Gasteiger partial charge in [-0.15, -0.1) is 4.52 Å². The first-order valence-corrected chi connectivity index (χ1v) is 8.94. The summed E-state index contributed by atoms with van der Waals surface area (Å²) in [5.41, 5.74) is -3.23. The van der Waals surface area contributed by atoms with Gasteiger partial charge in [-0.05, 0) is 19.1 Å². The first-order valence-electron chi connectivity index (χ1n) is 7.84. The van der Waals surface area contributed by atoms with Gasteiger partial charge < -0.3 is 4.74 Å². The van der Waals surface area contributed by atoms with Gasteiger partial charge in [-0.1, -0.05) is 18.2 Å². The Morgan fingerprint density at radius 3 is 2.77 bits per heavy atom. The fourth-order valence-electron chi connectivity index (χ4n) is 2.72. The summed E-state index contributed by atoms with van der Waals surface area (Å²) in [6, 6.07) is 9.59. The molecule has 1 fully saturated rings. The molecule has 26 heavy (non-hydrogen) atoms. The third-order valence-corrected chi connectivity index (χ3v) is 4.58. The van der Waals surface area contributed by atoms with Gasteiger partial charge in [-0.2, -0.15) is 0 Å². The Bertz CT molecular complexity index is 897. The van der Waals surface area contributed by atoms with Crippen LogP contribution in [0, 0.1) is 0 Å². The molecule has 1 saturated heterocycles. The van der Waals surface area contributed by atoms with Crippen LogP contribution in [0.3, 0.4) is 0 Å². The first kappa shape index (κ1) is 18.4. The van der Waals surface area contributed by atoms with E-state index in [2.05, 4.69) is 4.98 Å². The maximum Gasteiger partial charge on any atom is 0.750 e. The maximum atomic E-state index is 14.8. The Kier molecular flexibility index (Phi) is 5.31. The van der Waals surface area contributed by atoms with Crippen molar-refractivity contribution in [2.45, 2.75) is 31.3 Å². The number of nitrogens with zero attached hydrogens (tertiary/aromatic N) is 1. The van der Waals surface area contributed by atoms with E-state index in [0.717, 1.165) is 10.6 Å². The zero-order valence-electron chi connectivity index (χ0n) is 13.8. The van der Waals surface area contributed by atoms with E-state index in [4.69, 9.17) is 13.8 Å². The van der Waals surface area contributed by atoms with Crippen LogP contribution in [-0.4, -0.2) is 27.9 Å². The highest BCUT2D eigenvalue weighted by atomic mass is 31.1. The van der Waals surface area contributed by atoms with E-state index >= 15 is 0 Å². The largest absolute Gasteiger partial charge is 0.750 e. The monoisotopic (exact) mass is 383 g/mol. The number of ether oxygens (including phenoxy) is 1. The summed E-state index contributed by atoms with van der Waals surface area (Å²) in [5.74, 6) is 0.383. The van der Waals surface area contributed by atoms with Crippen molar-refractivity contribution in [1.82, 2.24) is 9.55 Å². The zero-order chi connectivity index (χ0) is 18.7. The van der Waals surface area contributed by atoms with Crippen LogP contribution in [0.4, 0.5) is 4.39 Å². The number of alkyl halides is 1. The molecule has 0 radical (unpaired) electrons. The molecular weight excluding hydrogens is 366 g/mol. The molecule has 8 nitrogen and oxygen atoms in total. The van der Waals surface area contributed by atoms with Crippen molar-refractivity contribution in [1.29, 1.82) is 0 Å².